The monoisotopic (exact) mass is 279 g/mol. The molecule has 1 atom stereocenters. The van der Waals surface area contributed by atoms with Gasteiger partial charge in [-0.05, 0) is 37.1 Å². The van der Waals surface area contributed by atoms with Crippen molar-refractivity contribution in [3.63, 3.8) is 0 Å². The molecule has 0 fully saturated rings. The molecule has 0 bridgehead atoms. The molecule has 0 aliphatic rings. The molecule has 1 aromatic carbocycles. The number of halogens is 2. The molecular weight excluding hydrogens is 264 g/mol. The first-order valence-electron chi connectivity index (χ1n) is 5.26. The van der Waals surface area contributed by atoms with Crippen LogP contribution in [0, 0.1) is 13.8 Å². The summed E-state index contributed by atoms with van der Waals surface area (Å²) >= 11 is 0. The van der Waals surface area contributed by atoms with Gasteiger partial charge in [-0.1, -0.05) is 6.07 Å². The van der Waals surface area contributed by atoms with Gasteiger partial charge < -0.3 is 5.11 Å². The van der Waals surface area contributed by atoms with Gasteiger partial charge >= 0.3 is 0 Å². The van der Waals surface area contributed by atoms with E-state index in [9.17, 15) is 17.2 Å². The number of aryl methyl sites for hydroxylation is 2. The van der Waals surface area contributed by atoms with Gasteiger partial charge in [0.25, 0.3) is 6.43 Å². The van der Waals surface area contributed by atoms with E-state index in [1.54, 1.807) is 19.9 Å². The van der Waals surface area contributed by atoms with E-state index in [1.165, 1.54) is 12.1 Å². The fraction of sp³-hybridized carbons (Fsp3) is 0.455. The van der Waals surface area contributed by atoms with E-state index in [0.29, 0.717) is 0 Å². The summed E-state index contributed by atoms with van der Waals surface area (Å²) in [6.07, 6.45) is -4.99. The smallest absolute Gasteiger partial charge is 0.265 e. The minimum atomic E-state index is -3.88. The average molecular weight is 279 g/mol. The Morgan fingerprint density at radius 2 is 1.72 bits per heavy atom. The summed E-state index contributed by atoms with van der Waals surface area (Å²) in [6, 6.07) is 4.67. The lowest BCUT2D eigenvalue weighted by atomic mass is 10.2. The second-order valence-corrected chi connectivity index (χ2v) is 5.84. The number of hydrogen-bond donors (Lipinski definition) is 2. The van der Waals surface area contributed by atoms with E-state index in [2.05, 4.69) is 0 Å². The lowest BCUT2D eigenvalue weighted by Gasteiger charge is -2.12. The lowest BCUT2D eigenvalue weighted by molar-refractivity contribution is -0.000451. The highest BCUT2D eigenvalue weighted by molar-refractivity contribution is 7.89. The molecule has 0 saturated carbocycles. The highest BCUT2D eigenvalue weighted by Gasteiger charge is 2.21. The van der Waals surface area contributed by atoms with E-state index in [-0.39, 0.29) is 4.90 Å². The van der Waals surface area contributed by atoms with Crippen LogP contribution < -0.4 is 4.72 Å². The van der Waals surface area contributed by atoms with Gasteiger partial charge in [0.15, 0.2) is 0 Å². The highest BCUT2D eigenvalue weighted by atomic mass is 32.2. The first-order valence-corrected chi connectivity index (χ1v) is 6.75. The van der Waals surface area contributed by atoms with Crippen LogP contribution in [0.4, 0.5) is 8.78 Å². The van der Waals surface area contributed by atoms with Crippen molar-refractivity contribution >= 4 is 10.0 Å². The maximum absolute atomic E-state index is 12.0. The summed E-state index contributed by atoms with van der Waals surface area (Å²) in [4.78, 5) is 0.00136. The third kappa shape index (κ3) is 4.01. The molecule has 0 saturated heterocycles. The SMILES string of the molecule is Cc1cc(C)cc(S(=O)(=O)NCC(O)C(F)F)c1. The molecule has 0 heterocycles. The number of aliphatic hydroxyl groups excluding tert-OH is 1. The Hall–Kier alpha value is -1.05. The Bertz CT molecular complexity index is 497. The number of sulfonamides is 1. The average Bonchev–Trinajstić information content (AvgIpc) is 2.24. The number of alkyl halides is 2. The predicted molar refractivity (Wildman–Crippen MR) is 63.1 cm³/mol. The lowest BCUT2D eigenvalue weighted by Crippen LogP contribution is -2.35. The van der Waals surface area contributed by atoms with Crippen molar-refractivity contribution in [3.8, 4) is 0 Å². The zero-order valence-electron chi connectivity index (χ0n) is 10.0. The summed E-state index contributed by atoms with van der Waals surface area (Å²) in [6.45, 7) is 2.76. The molecule has 0 amide bonds. The highest BCUT2D eigenvalue weighted by Crippen LogP contribution is 2.14. The van der Waals surface area contributed by atoms with Crippen molar-refractivity contribution in [2.75, 3.05) is 6.54 Å². The summed E-state index contributed by atoms with van der Waals surface area (Å²) in [5, 5.41) is 8.87. The molecule has 0 aromatic heterocycles. The van der Waals surface area contributed by atoms with Crippen LogP contribution >= 0.6 is 0 Å². The molecule has 4 nitrogen and oxygen atoms in total. The molecular formula is C11H15F2NO3S. The molecule has 0 spiro atoms. The zero-order valence-corrected chi connectivity index (χ0v) is 10.8. The summed E-state index contributed by atoms with van der Waals surface area (Å²) in [5.74, 6) is 0. The van der Waals surface area contributed by atoms with Gasteiger partial charge in [-0.3, -0.25) is 0 Å². The van der Waals surface area contributed by atoms with Gasteiger partial charge in [-0.15, -0.1) is 0 Å². The molecule has 1 aromatic rings. The van der Waals surface area contributed by atoms with Gasteiger partial charge in [0, 0.05) is 6.54 Å². The van der Waals surface area contributed by atoms with Crippen molar-refractivity contribution in [2.45, 2.75) is 31.3 Å². The molecule has 18 heavy (non-hydrogen) atoms. The minimum absolute atomic E-state index is 0.00136. The van der Waals surface area contributed by atoms with Crippen LogP contribution in [0.1, 0.15) is 11.1 Å². The Kier molecular flexibility index (Phi) is 4.78. The van der Waals surface area contributed by atoms with Crippen LogP contribution in [-0.4, -0.2) is 32.6 Å². The fourth-order valence-corrected chi connectivity index (χ4v) is 2.69. The number of benzene rings is 1. The Morgan fingerprint density at radius 1 is 1.22 bits per heavy atom. The summed E-state index contributed by atoms with van der Waals surface area (Å²) < 4.78 is 49.6. The van der Waals surface area contributed by atoms with Crippen molar-refractivity contribution in [3.05, 3.63) is 29.3 Å². The van der Waals surface area contributed by atoms with Gasteiger partial charge in [-0.25, -0.2) is 21.9 Å². The van der Waals surface area contributed by atoms with E-state index >= 15 is 0 Å². The normalized spacial score (nSPS) is 13.9. The Labute approximate surface area is 105 Å². The van der Waals surface area contributed by atoms with Crippen molar-refractivity contribution in [1.29, 1.82) is 0 Å². The van der Waals surface area contributed by atoms with E-state index in [1.807, 2.05) is 4.72 Å². The van der Waals surface area contributed by atoms with Crippen LogP contribution in [0.5, 0.6) is 0 Å². The van der Waals surface area contributed by atoms with E-state index < -0.39 is 29.1 Å². The minimum Gasteiger partial charge on any atom is -0.386 e. The number of hydrogen-bond acceptors (Lipinski definition) is 3. The van der Waals surface area contributed by atoms with E-state index in [4.69, 9.17) is 5.11 Å². The molecule has 2 N–H and O–H groups in total. The molecule has 0 aliphatic heterocycles. The molecule has 0 radical (unpaired) electrons. The van der Waals surface area contributed by atoms with Crippen molar-refractivity contribution < 1.29 is 22.3 Å². The maximum atomic E-state index is 12.0. The largest absolute Gasteiger partial charge is 0.386 e. The van der Waals surface area contributed by atoms with Crippen LogP contribution in [0.25, 0.3) is 0 Å². The third-order valence-electron chi connectivity index (χ3n) is 2.28. The maximum Gasteiger partial charge on any atom is 0.265 e. The molecule has 102 valence electrons. The van der Waals surface area contributed by atoms with Gasteiger partial charge in [-0.2, -0.15) is 0 Å². The zero-order chi connectivity index (χ0) is 13.9. The molecule has 1 rings (SSSR count). The molecule has 0 aliphatic carbocycles. The molecule has 7 heteroatoms. The van der Waals surface area contributed by atoms with Crippen LogP contribution in [0.15, 0.2) is 23.1 Å². The summed E-state index contributed by atoms with van der Waals surface area (Å²) in [7, 11) is -3.88. The Morgan fingerprint density at radius 3 is 2.17 bits per heavy atom. The predicted octanol–water partition coefficient (Wildman–Crippen LogP) is 1.21. The van der Waals surface area contributed by atoms with Crippen LogP contribution in [-0.2, 0) is 10.0 Å². The van der Waals surface area contributed by atoms with E-state index in [0.717, 1.165) is 11.1 Å². The Balaban J connectivity index is 2.86. The van der Waals surface area contributed by atoms with Crippen molar-refractivity contribution in [1.82, 2.24) is 4.72 Å². The number of nitrogens with one attached hydrogen (secondary N) is 1. The van der Waals surface area contributed by atoms with Crippen molar-refractivity contribution in [2.24, 2.45) is 0 Å². The third-order valence-corrected chi connectivity index (χ3v) is 3.68. The second kappa shape index (κ2) is 5.73. The standard InChI is InChI=1S/C11H15F2NO3S/c1-7-3-8(2)5-9(4-7)18(16,17)14-6-10(15)11(12)13/h3-5,10-11,14-15H,6H2,1-2H3. The number of rotatable bonds is 5. The fourth-order valence-electron chi connectivity index (χ4n) is 1.46. The first-order chi connectivity index (χ1) is 8.22. The van der Waals surface area contributed by atoms with Gasteiger partial charge in [0.2, 0.25) is 10.0 Å². The van der Waals surface area contributed by atoms with Crippen LogP contribution in [0.2, 0.25) is 0 Å². The van der Waals surface area contributed by atoms with Gasteiger partial charge in [0.05, 0.1) is 4.90 Å². The quantitative estimate of drug-likeness (QED) is 0.851. The second-order valence-electron chi connectivity index (χ2n) is 4.08. The number of aliphatic hydroxyl groups is 1. The molecule has 1 unspecified atom stereocenters. The topological polar surface area (TPSA) is 66.4 Å². The van der Waals surface area contributed by atoms with Gasteiger partial charge in [0.1, 0.15) is 6.10 Å². The van der Waals surface area contributed by atoms with Crippen LogP contribution in [0.3, 0.4) is 0 Å². The summed E-state index contributed by atoms with van der Waals surface area (Å²) in [5.41, 5.74) is 1.51. The first kappa shape index (κ1) is 15.0.